The molecular formula is C25H25N5O. The fourth-order valence-corrected chi connectivity index (χ4v) is 3.90. The third kappa shape index (κ3) is 4.50. The lowest BCUT2D eigenvalue weighted by atomic mass is 10.0. The van der Waals surface area contributed by atoms with Crippen molar-refractivity contribution in [3.63, 3.8) is 0 Å². The van der Waals surface area contributed by atoms with Crippen LogP contribution in [0, 0.1) is 0 Å². The maximum Gasteiger partial charge on any atom is 0.123 e. The first kappa shape index (κ1) is 19.5. The molecule has 1 aliphatic heterocycles. The Morgan fingerprint density at radius 1 is 0.968 bits per heavy atom. The number of morpholine rings is 1. The van der Waals surface area contributed by atoms with Crippen molar-refractivity contribution in [2.24, 2.45) is 0 Å². The van der Waals surface area contributed by atoms with Crippen molar-refractivity contribution >= 4 is 28.9 Å². The van der Waals surface area contributed by atoms with Gasteiger partial charge in [0.1, 0.15) is 5.82 Å². The van der Waals surface area contributed by atoms with Gasteiger partial charge in [-0.25, -0.2) is 4.98 Å². The molecule has 0 atom stereocenters. The van der Waals surface area contributed by atoms with E-state index in [0.717, 1.165) is 66.1 Å². The Morgan fingerprint density at radius 2 is 1.77 bits per heavy atom. The molecule has 1 saturated heterocycles. The van der Waals surface area contributed by atoms with Crippen LogP contribution in [-0.2, 0) is 11.3 Å². The highest BCUT2D eigenvalue weighted by Crippen LogP contribution is 2.26. The van der Waals surface area contributed by atoms with Gasteiger partial charge in [-0.3, -0.25) is 10.00 Å². The second-order valence-corrected chi connectivity index (χ2v) is 7.80. The summed E-state index contributed by atoms with van der Waals surface area (Å²) in [7, 11) is 0. The molecule has 4 aromatic rings. The first-order chi connectivity index (χ1) is 15.2. The molecule has 0 aliphatic carbocycles. The Labute approximate surface area is 181 Å². The Balaban J connectivity index is 1.30. The van der Waals surface area contributed by atoms with E-state index < -0.39 is 0 Å². The standard InChI is InChI=1S/C25H25N5O/c26-25-16-21(9-10-27-25)20-6-7-22-23(28-29-24(22)15-20)8-5-18-1-3-19(4-2-18)17-30-11-13-31-14-12-30/h1-10,15-16H,11-14,17H2,(H2,26,27)(H,28,29). The summed E-state index contributed by atoms with van der Waals surface area (Å²) in [5.41, 5.74) is 12.3. The molecule has 2 aromatic heterocycles. The zero-order valence-electron chi connectivity index (χ0n) is 17.3. The number of pyridine rings is 1. The van der Waals surface area contributed by atoms with Crippen LogP contribution in [-0.4, -0.2) is 46.4 Å². The zero-order chi connectivity index (χ0) is 21.0. The fraction of sp³-hybridized carbons (Fsp3) is 0.200. The topological polar surface area (TPSA) is 80.1 Å². The number of hydrogen-bond donors (Lipinski definition) is 2. The van der Waals surface area contributed by atoms with Crippen molar-refractivity contribution in [1.82, 2.24) is 20.1 Å². The summed E-state index contributed by atoms with van der Waals surface area (Å²) >= 11 is 0. The van der Waals surface area contributed by atoms with Crippen molar-refractivity contribution in [3.05, 3.63) is 77.6 Å². The van der Waals surface area contributed by atoms with Gasteiger partial charge >= 0.3 is 0 Å². The normalized spacial score (nSPS) is 15.1. The van der Waals surface area contributed by atoms with E-state index in [2.05, 4.69) is 74.7 Å². The summed E-state index contributed by atoms with van der Waals surface area (Å²) in [4.78, 5) is 6.49. The zero-order valence-corrected chi connectivity index (χ0v) is 17.3. The van der Waals surface area contributed by atoms with E-state index in [9.17, 15) is 0 Å². The monoisotopic (exact) mass is 411 g/mol. The number of ether oxygens (including phenoxy) is 1. The maximum atomic E-state index is 5.82. The minimum Gasteiger partial charge on any atom is -0.384 e. The van der Waals surface area contributed by atoms with Crippen molar-refractivity contribution in [2.45, 2.75) is 6.54 Å². The third-order valence-corrected chi connectivity index (χ3v) is 5.63. The van der Waals surface area contributed by atoms with Gasteiger partial charge in [-0.15, -0.1) is 0 Å². The summed E-state index contributed by atoms with van der Waals surface area (Å²) in [6.07, 6.45) is 5.88. The number of rotatable bonds is 5. The molecule has 1 aliphatic rings. The number of hydrogen-bond acceptors (Lipinski definition) is 5. The quantitative estimate of drug-likeness (QED) is 0.514. The van der Waals surface area contributed by atoms with Crippen LogP contribution in [0.15, 0.2) is 60.8 Å². The van der Waals surface area contributed by atoms with Crippen LogP contribution < -0.4 is 5.73 Å². The molecule has 0 bridgehead atoms. The summed E-state index contributed by atoms with van der Waals surface area (Å²) in [6.45, 7) is 4.64. The number of fused-ring (bicyclic) bond motifs is 1. The van der Waals surface area contributed by atoms with E-state index in [1.165, 1.54) is 5.56 Å². The van der Waals surface area contributed by atoms with E-state index in [1.807, 2.05) is 12.1 Å². The Morgan fingerprint density at radius 3 is 2.58 bits per heavy atom. The molecule has 0 spiro atoms. The first-order valence-corrected chi connectivity index (χ1v) is 10.5. The highest BCUT2D eigenvalue weighted by Gasteiger charge is 2.10. The second-order valence-electron chi connectivity index (χ2n) is 7.80. The van der Waals surface area contributed by atoms with Crippen LogP contribution in [0.3, 0.4) is 0 Å². The molecule has 6 heteroatoms. The van der Waals surface area contributed by atoms with Gasteiger partial charge in [0.15, 0.2) is 0 Å². The van der Waals surface area contributed by atoms with Crippen molar-refractivity contribution < 1.29 is 4.74 Å². The SMILES string of the molecule is Nc1cc(-c2ccc3c(C=Cc4ccc(CN5CCOCC5)cc4)n[nH]c3c2)ccn1. The third-order valence-electron chi connectivity index (χ3n) is 5.63. The van der Waals surface area contributed by atoms with Gasteiger partial charge in [-0.2, -0.15) is 5.10 Å². The molecule has 1 fully saturated rings. The molecule has 3 N–H and O–H groups in total. The van der Waals surface area contributed by atoms with E-state index in [0.29, 0.717) is 5.82 Å². The molecule has 0 amide bonds. The molecule has 0 unspecified atom stereocenters. The van der Waals surface area contributed by atoms with Crippen LogP contribution in [0.4, 0.5) is 5.82 Å². The van der Waals surface area contributed by atoms with Crippen molar-refractivity contribution in [2.75, 3.05) is 32.0 Å². The molecule has 0 saturated carbocycles. The molecule has 6 nitrogen and oxygen atoms in total. The lowest BCUT2D eigenvalue weighted by Gasteiger charge is -2.26. The van der Waals surface area contributed by atoms with Gasteiger partial charge in [0.2, 0.25) is 0 Å². The number of anilines is 1. The molecule has 3 heterocycles. The summed E-state index contributed by atoms with van der Waals surface area (Å²) < 4.78 is 5.42. The largest absolute Gasteiger partial charge is 0.384 e. The lowest BCUT2D eigenvalue weighted by molar-refractivity contribution is 0.0342. The minimum absolute atomic E-state index is 0.516. The fourth-order valence-electron chi connectivity index (χ4n) is 3.90. The van der Waals surface area contributed by atoms with Gasteiger partial charge in [-0.05, 0) is 52.6 Å². The predicted octanol–water partition coefficient (Wildman–Crippen LogP) is 4.21. The Bertz CT molecular complexity index is 1210. The first-order valence-electron chi connectivity index (χ1n) is 10.5. The molecular weight excluding hydrogens is 386 g/mol. The van der Waals surface area contributed by atoms with Gasteiger partial charge in [0.05, 0.1) is 24.4 Å². The number of aromatic nitrogens is 3. The molecule has 2 aromatic carbocycles. The summed E-state index contributed by atoms with van der Waals surface area (Å²) in [6, 6.07) is 18.8. The maximum absolute atomic E-state index is 5.82. The summed E-state index contributed by atoms with van der Waals surface area (Å²) in [5.74, 6) is 0.516. The molecule has 0 radical (unpaired) electrons. The van der Waals surface area contributed by atoms with Crippen LogP contribution in [0.1, 0.15) is 16.8 Å². The highest BCUT2D eigenvalue weighted by molar-refractivity contribution is 5.92. The number of nitrogen functional groups attached to an aromatic ring is 1. The predicted molar refractivity (Wildman–Crippen MR) is 125 cm³/mol. The number of benzene rings is 2. The van der Waals surface area contributed by atoms with Crippen LogP contribution in [0.25, 0.3) is 34.2 Å². The van der Waals surface area contributed by atoms with Crippen LogP contribution >= 0.6 is 0 Å². The van der Waals surface area contributed by atoms with Crippen LogP contribution in [0.2, 0.25) is 0 Å². The van der Waals surface area contributed by atoms with E-state index >= 15 is 0 Å². The number of H-pyrrole nitrogens is 1. The van der Waals surface area contributed by atoms with Crippen molar-refractivity contribution in [1.29, 1.82) is 0 Å². The van der Waals surface area contributed by atoms with Gasteiger partial charge in [0, 0.05) is 31.2 Å². The Hall–Kier alpha value is -3.48. The number of nitrogens with one attached hydrogen (secondary N) is 1. The van der Waals surface area contributed by atoms with Gasteiger partial charge in [-0.1, -0.05) is 36.4 Å². The summed E-state index contributed by atoms with van der Waals surface area (Å²) in [5, 5.41) is 8.72. The second kappa shape index (κ2) is 8.71. The average Bonchev–Trinajstić information content (AvgIpc) is 3.22. The average molecular weight is 412 g/mol. The van der Waals surface area contributed by atoms with Gasteiger partial charge in [0.25, 0.3) is 0 Å². The smallest absolute Gasteiger partial charge is 0.123 e. The van der Waals surface area contributed by atoms with Gasteiger partial charge < -0.3 is 10.5 Å². The van der Waals surface area contributed by atoms with E-state index in [1.54, 1.807) is 6.20 Å². The Kier molecular flexibility index (Phi) is 5.48. The molecule has 156 valence electrons. The molecule has 5 rings (SSSR count). The minimum atomic E-state index is 0.516. The van der Waals surface area contributed by atoms with E-state index in [4.69, 9.17) is 10.5 Å². The van der Waals surface area contributed by atoms with Crippen molar-refractivity contribution in [3.8, 4) is 11.1 Å². The molecule has 31 heavy (non-hydrogen) atoms. The number of aromatic amines is 1. The number of nitrogens with zero attached hydrogens (tertiary/aromatic N) is 3. The highest BCUT2D eigenvalue weighted by atomic mass is 16.5. The lowest BCUT2D eigenvalue weighted by Crippen LogP contribution is -2.35. The van der Waals surface area contributed by atoms with Crippen LogP contribution in [0.5, 0.6) is 0 Å². The van der Waals surface area contributed by atoms with E-state index in [-0.39, 0.29) is 0 Å². The number of nitrogens with two attached hydrogens (primary N) is 1.